The van der Waals surface area contributed by atoms with Crippen molar-refractivity contribution >= 4 is 21.4 Å². The lowest BCUT2D eigenvalue weighted by molar-refractivity contribution is 0.476. The molecular formula is C15H24N2O2S2. The van der Waals surface area contributed by atoms with Gasteiger partial charge in [0, 0.05) is 24.0 Å². The highest BCUT2D eigenvalue weighted by Crippen LogP contribution is 2.48. The molecule has 2 N–H and O–H groups in total. The first-order chi connectivity index (χ1) is 9.94. The van der Waals surface area contributed by atoms with Crippen LogP contribution >= 0.6 is 11.3 Å². The molecule has 0 radical (unpaired) electrons. The number of hydrogen-bond acceptors (Lipinski definition) is 4. The van der Waals surface area contributed by atoms with Crippen molar-refractivity contribution in [1.82, 2.24) is 10.0 Å². The van der Waals surface area contributed by atoms with Crippen molar-refractivity contribution in [3.63, 3.8) is 0 Å². The molecule has 21 heavy (non-hydrogen) atoms. The van der Waals surface area contributed by atoms with Crippen molar-refractivity contribution in [3.8, 4) is 0 Å². The van der Waals surface area contributed by atoms with E-state index < -0.39 is 10.0 Å². The van der Waals surface area contributed by atoms with E-state index in [0.29, 0.717) is 16.8 Å². The molecule has 1 aromatic heterocycles. The third-order valence-corrected chi connectivity index (χ3v) is 7.85. The molecule has 0 aromatic carbocycles. The van der Waals surface area contributed by atoms with E-state index in [1.807, 2.05) is 13.0 Å². The normalized spacial score (nSPS) is 20.7. The Balaban J connectivity index is 1.65. The molecule has 0 saturated heterocycles. The maximum atomic E-state index is 12.4. The van der Waals surface area contributed by atoms with Gasteiger partial charge in [0.2, 0.25) is 10.0 Å². The highest BCUT2D eigenvalue weighted by molar-refractivity contribution is 7.91. The van der Waals surface area contributed by atoms with E-state index in [1.165, 1.54) is 24.2 Å². The molecule has 0 atom stereocenters. The smallest absolute Gasteiger partial charge is 0.250 e. The highest BCUT2D eigenvalue weighted by atomic mass is 32.2. The van der Waals surface area contributed by atoms with Gasteiger partial charge in [-0.1, -0.05) is 6.92 Å². The summed E-state index contributed by atoms with van der Waals surface area (Å²) in [6.07, 6.45) is 5.83. The molecule has 0 aliphatic heterocycles. The maximum Gasteiger partial charge on any atom is 0.250 e. The second kappa shape index (κ2) is 5.65. The van der Waals surface area contributed by atoms with Gasteiger partial charge in [0.25, 0.3) is 0 Å². The van der Waals surface area contributed by atoms with Crippen LogP contribution in [0.25, 0.3) is 0 Å². The van der Waals surface area contributed by atoms with E-state index in [4.69, 9.17) is 0 Å². The van der Waals surface area contributed by atoms with Gasteiger partial charge in [-0.3, -0.25) is 0 Å². The van der Waals surface area contributed by atoms with E-state index in [1.54, 1.807) is 0 Å². The number of aryl methyl sites for hydroxylation is 1. The molecule has 2 fully saturated rings. The maximum absolute atomic E-state index is 12.4. The van der Waals surface area contributed by atoms with Gasteiger partial charge in [-0.2, -0.15) is 0 Å². The summed E-state index contributed by atoms with van der Waals surface area (Å²) in [5.41, 5.74) is 1.31. The Bertz CT molecular complexity index is 614. The van der Waals surface area contributed by atoms with Gasteiger partial charge >= 0.3 is 0 Å². The minimum Gasteiger partial charge on any atom is -0.309 e. The van der Waals surface area contributed by atoms with Crippen LogP contribution in [0, 0.1) is 12.3 Å². The monoisotopic (exact) mass is 328 g/mol. The van der Waals surface area contributed by atoms with Crippen molar-refractivity contribution in [3.05, 3.63) is 16.5 Å². The van der Waals surface area contributed by atoms with E-state index in [-0.39, 0.29) is 5.41 Å². The van der Waals surface area contributed by atoms with Gasteiger partial charge in [-0.25, -0.2) is 13.1 Å². The number of hydrogen-bond donors (Lipinski definition) is 2. The lowest BCUT2D eigenvalue weighted by Gasteiger charge is -2.12. The summed E-state index contributed by atoms with van der Waals surface area (Å²) in [5.74, 6) is 0. The zero-order chi connectivity index (χ0) is 15.1. The topological polar surface area (TPSA) is 58.2 Å². The van der Waals surface area contributed by atoms with Crippen LogP contribution in [0.2, 0.25) is 0 Å². The lowest BCUT2D eigenvalue weighted by atomic mass is 10.1. The van der Waals surface area contributed by atoms with Crippen LogP contribution in [0.5, 0.6) is 0 Å². The second-order valence-corrected chi connectivity index (χ2v) is 9.64. The molecule has 6 heteroatoms. The largest absolute Gasteiger partial charge is 0.309 e. The first kappa shape index (κ1) is 15.5. The van der Waals surface area contributed by atoms with Crippen LogP contribution in [0.1, 0.15) is 49.5 Å². The van der Waals surface area contributed by atoms with Gasteiger partial charge in [-0.05, 0) is 56.1 Å². The number of thiophene rings is 1. The Morgan fingerprint density at radius 2 is 2.10 bits per heavy atom. The minimum absolute atomic E-state index is 0.232. The Morgan fingerprint density at radius 1 is 1.38 bits per heavy atom. The standard InChI is InChI=1S/C15H24N2O2S2/c1-3-15(6-7-15)10-17-21(18,19)14-8-11(2)13(20-14)9-16-12-4-5-12/h8,12,16-17H,3-7,9-10H2,1-2H3. The first-order valence-electron chi connectivity index (χ1n) is 7.76. The summed E-state index contributed by atoms with van der Waals surface area (Å²) in [5, 5.41) is 3.45. The molecule has 1 aromatic rings. The van der Waals surface area contributed by atoms with E-state index >= 15 is 0 Å². The van der Waals surface area contributed by atoms with Gasteiger partial charge < -0.3 is 5.32 Å². The van der Waals surface area contributed by atoms with Crippen molar-refractivity contribution < 1.29 is 8.42 Å². The van der Waals surface area contributed by atoms with Gasteiger partial charge in [0.05, 0.1) is 0 Å². The zero-order valence-electron chi connectivity index (χ0n) is 12.7. The molecule has 2 saturated carbocycles. The summed E-state index contributed by atoms with van der Waals surface area (Å²) >= 11 is 1.40. The molecular weight excluding hydrogens is 304 g/mol. The Morgan fingerprint density at radius 3 is 2.67 bits per heavy atom. The van der Waals surface area contributed by atoms with E-state index in [0.717, 1.165) is 36.2 Å². The summed E-state index contributed by atoms with van der Waals surface area (Å²) < 4.78 is 28.1. The Kier molecular flexibility index (Phi) is 4.16. The molecule has 0 unspecified atom stereocenters. The average molecular weight is 329 g/mol. The van der Waals surface area contributed by atoms with Crippen LogP contribution in [-0.4, -0.2) is 21.0 Å². The van der Waals surface area contributed by atoms with Crippen molar-refractivity contribution in [2.24, 2.45) is 5.41 Å². The molecule has 3 rings (SSSR count). The van der Waals surface area contributed by atoms with Crippen molar-refractivity contribution in [2.75, 3.05) is 6.54 Å². The van der Waals surface area contributed by atoms with Gasteiger partial charge in [0.15, 0.2) is 0 Å². The molecule has 0 spiro atoms. The molecule has 2 aliphatic rings. The van der Waals surface area contributed by atoms with Crippen LogP contribution in [0.4, 0.5) is 0 Å². The molecule has 0 bridgehead atoms. The zero-order valence-corrected chi connectivity index (χ0v) is 14.4. The fourth-order valence-corrected chi connectivity index (χ4v) is 5.21. The average Bonchev–Trinajstić information content (AvgIpc) is 3.36. The van der Waals surface area contributed by atoms with Crippen LogP contribution in [0.3, 0.4) is 0 Å². The van der Waals surface area contributed by atoms with Crippen LogP contribution < -0.4 is 10.0 Å². The Hall–Kier alpha value is -0.430. The van der Waals surface area contributed by atoms with E-state index in [9.17, 15) is 8.42 Å². The SMILES string of the molecule is CCC1(CNS(=O)(=O)c2cc(C)c(CNC3CC3)s2)CC1. The highest BCUT2D eigenvalue weighted by Gasteiger charge is 2.41. The molecule has 1 heterocycles. The summed E-state index contributed by atoms with van der Waals surface area (Å²) in [6.45, 7) is 5.50. The number of nitrogens with one attached hydrogen (secondary N) is 2. The summed E-state index contributed by atoms with van der Waals surface area (Å²) in [4.78, 5) is 1.14. The lowest BCUT2D eigenvalue weighted by Crippen LogP contribution is -2.29. The van der Waals surface area contributed by atoms with Crippen LogP contribution in [-0.2, 0) is 16.6 Å². The second-order valence-electron chi connectivity index (χ2n) is 6.50. The van der Waals surface area contributed by atoms with Crippen LogP contribution in [0.15, 0.2) is 10.3 Å². The van der Waals surface area contributed by atoms with Crippen molar-refractivity contribution in [1.29, 1.82) is 0 Å². The molecule has 2 aliphatic carbocycles. The summed E-state index contributed by atoms with van der Waals surface area (Å²) in [7, 11) is -3.35. The fourth-order valence-electron chi connectivity index (χ4n) is 2.47. The minimum atomic E-state index is -3.35. The predicted molar refractivity (Wildman–Crippen MR) is 86.1 cm³/mol. The number of rotatable bonds is 8. The van der Waals surface area contributed by atoms with Crippen molar-refractivity contribution in [2.45, 2.75) is 62.7 Å². The Labute approximate surface area is 131 Å². The molecule has 0 amide bonds. The predicted octanol–water partition coefficient (Wildman–Crippen LogP) is 2.78. The molecule has 118 valence electrons. The fraction of sp³-hybridized carbons (Fsp3) is 0.733. The first-order valence-corrected chi connectivity index (χ1v) is 10.1. The quantitative estimate of drug-likeness (QED) is 0.771. The third-order valence-electron chi connectivity index (χ3n) is 4.74. The van der Waals surface area contributed by atoms with E-state index in [2.05, 4.69) is 17.0 Å². The number of sulfonamides is 1. The van der Waals surface area contributed by atoms with Gasteiger partial charge in [0.1, 0.15) is 4.21 Å². The third kappa shape index (κ3) is 3.67. The van der Waals surface area contributed by atoms with Gasteiger partial charge in [-0.15, -0.1) is 11.3 Å². The molecule has 4 nitrogen and oxygen atoms in total. The summed E-state index contributed by atoms with van der Waals surface area (Å²) in [6, 6.07) is 2.45.